The smallest absolute Gasteiger partial charge is 0.262 e. The van der Waals surface area contributed by atoms with Crippen molar-refractivity contribution in [3.8, 4) is 0 Å². The van der Waals surface area contributed by atoms with E-state index in [1.54, 1.807) is 4.57 Å². The van der Waals surface area contributed by atoms with Gasteiger partial charge in [0.05, 0.1) is 12.9 Å². The molecule has 1 saturated heterocycles. The van der Waals surface area contributed by atoms with E-state index in [4.69, 9.17) is 4.52 Å². The van der Waals surface area contributed by atoms with Gasteiger partial charge in [-0.05, 0) is 18.8 Å². The van der Waals surface area contributed by atoms with Crippen LogP contribution in [0.15, 0.2) is 22.1 Å². The molecular formula is C16H23N5O4S. The molecule has 2 aromatic heterocycles. The van der Waals surface area contributed by atoms with Crippen LogP contribution in [0.25, 0.3) is 0 Å². The standard InChI is InChI=1S/C16H23N5O4S/c1-11(2)7-20-8-13(17-10-20)26(23,24)21-6-5-16(22,9-21)15-18-14(19-25-15)12-3-4-12/h8,10-12,22H,3-7,9H2,1-2H3/t16-/m0/s1. The maximum absolute atomic E-state index is 12.8. The number of nitrogens with zero attached hydrogens (tertiary/aromatic N) is 5. The van der Waals surface area contributed by atoms with Crippen molar-refractivity contribution in [1.82, 2.24) is 24.0 Å². The van der Waals surface area contributed by atoms with Crippen LogP contribution in [-0.4, -0.2) is 50.6 Å². The van der Waals surface area contributed by atoms with Gasteiger partial charge in [-0.3, -0.25) is 0 Å². The van der Waals surface area contributed by atoms with Crippen LogP contribution in [0.5, 0.6) is 0 Å². The van der Waals surface area contributed by atoms with Gasteiger partial charge in [0, 0.05) is 31.6 Å². The Labute approximate surface area is 152 Å². The first-order chi connectivity index (χ1) is 12.3. The van der Waals surface area contributed by atoms with Gasteiger partial charge in [0.2, 0.25) is 0 Å². The molecule has 2 aromatic rings. The molecule has 1 aliphatic carbocycles. The summed E-state index contributed by atoms with van der Waals surface area (Å²) < 4.78 is 33.9. The maximum Gasteiger partial charge on any atom is 0.262 e. The molecule has 0 aromatic carbocycles. The molecule has 0 amide bonds. The molecule has 10 heteroatoms. The normalized spacial score (nSPS) is 24.6. The van der Waals surface area contributed by atoms with Crippen LogP contribution in [0.1, 0.15) is 50.7 Å². The second-order valence-corrected chi connectivity index (χ2v) is 9.54. The Morgan fingerprint density at radius 2 is 2.19 bits per heavy atom. The van der Waals surface area contributed by atoms with E-state index in [0.29, 0.717) is 24.2 Å². The van der Waals surface area contributed by atoms with Crippen LogP contribution in [0.2, 0.25) is 0 Å². The average Bonchev–Trinajstić information content (AvgIpc) is 3.01. The van der Waals surface area contributed by atoms with E-state index in [1.165, 1.54) is 16.8 Å². The topological polar surface area (TPSA) is 114 Å². The molecule has 3 heterocycles. The number of aromatic nitrogens is 4. The number of sulfonamides is 1. The van der Waals surface area contributed by atoms with Crippen molar-refractivity contribution in [3.63, 3.8) is 0 Å². The third kappa shape index (κ3) is 3.17. The minimum Gasteiger partial charge on any atom is -0.379 e. The van der Waals surface area contributed by atoms with Crippen molar-refractivity contribution < 1.29 is 18.0 Å². The minimum absolute atomic E-state index is 0.00778. The zero-order valence-electron chi connectivity index (χ0n) is 14.9. The molecule has 1 saturated carbocycles. The van der Waals surface area contributed by atoms with Gasteiger partial charge in [-0.15, -0.1) is 0 Å². The van der Waals surface area contributed by atoms with E-state index in [0.717, 1.165) is 12.8 Å². The van der Waals surface area contributed by atoms with Crippen molar-refractivity contribution in [1.29, 1.82) is 0 Å². The summed E-state index contributed by atoms with van der Waals surface area (Å²) in [5.41, 5.74) is -1.45. The largest absolute Gasteiger partial charge is 0.379 e. The Balaban J connectivity index is 1.52. The highest BCUT2D eigenvalue weighted by molar-refractivity contribution is 7.89. The quantitative estimate of drug-likeness (QED) is 0.796. The minimum atomic E-state index is -3.78. The molecule has 142 valence electrons. The van der Waals surface area contributed by atoms with Gasteiger partial charge in [-0.1, -0.05) is 19.0 Å². The number of aliphatic hydroxyl groups is 1. The zero-order chi connectivity index (χ0) is 18.5. The average molecular weight is 381 g/mol. The van der Waals surface area contributed by atoms with Crippen molar-refractivity contribution in [3.05, 3.63) is 24.2 Å². The molecule has 0 radical (unpaired) electrons. The highest BCUT2D eigenvalue weighted by atomic mass is 32.2. The third-order valence-electron chi connectivity index (χ3n) is 4.78. The Kier molecular flexibility index (Phi) is 4.16. The lowest BCUT2D eigenvalue weighted by molar-refractivity contribution is 0.0194. The molecule has 26 heavy (non-hydrogen) atoms. The molecule has 0 unspecified atom stereocenters. The zero-order valence-corrected chi connectivity index (χ0v) is 15.7. The van der Waals surface area contributed by atoms with E-state index in [2.05, 4.69) is 29.0 Å². The molecule has 1 N–H and O–H groups in total. The SMILES string of the molecule is CC(C)Cn1cnc(S(=O)(=O)N2CC[C@@](O)(c3nc(C4CC4)no3)C2)c1. The maximum atomic E-state index is 12.8. The molecule has 2 aliphatic rings. The third-order valence-corrected chi connectivity index (χ3v) is 6.52. The van der Waals surface area contributed by atoms with Gasteiger partial charge in [0.15, 0.2) is 16.5 Å². The number of imidazole rings is 1. The molecule has 1 atom stereocenters. The van der Waals surface area contributed by atoms with Crippen molar-refractivity contribution >= 4 is 10.0 Å². The Hall–Kier alpha value is -1.78. The Morgan fingerprint density at radius 1 is 1.42 bits per heavy atom. The molecular weight excluding hydrogens is 358 g/mol. The second-order valence-electron chi connectivity index (χ2n) is 7.65. The van der Waals surface area contributed by atoms with Gasteiger partial charge < -0.3 is 14.2 Å². The monoisotopic (exact) mass is 381 g/mol. The summed E-state index contributed by atoms with van der Waals surface area (Å²) in [6.45, 7) is 4.86. The Bertz CT molecular complexity index is 901. The lowest BCUT2D eigenvalue weighted by Gasteiger charge is -2.18. The van der Waals surface area contributed by atoms with E-state index < -0.39 is 15.6 Å². The summed E-state index contributed by atoms with van der Waals surface area (Å²) in [4.78, 5) is 8.32. The summed E-state index contributed by atoms with van der Waals surface area (Å²) in [6.07, 6.45) is 5.32. The van der Waals surface area contributed by atoms with Gasteiger partial charge in [0.1, 0.15) is 0 Å². The molecule has 9 nitrogen and oxygen atoms in total. The summed E-state index contributed by atoms with van der Waals surface area (Å²) >= 11 is 0. The van der Waals surface area contributed by atoms with Gasteiger partial charge in [-0.2, -0.15) is 9.29 Å². The van der Waals surface area contributed by atoms with Crippen molar-refractivity contribution in [2.24, 2.45) is 5.92 Å². The highest BCUT2D eigenvalue weighted by Crippen LogP contribution is 2.40. The van der Waals surface area contributed by atoms with Crippen LogP contribution < -0.4 is 0 Å². The van der Waals surface area contributed by atoms with E-state index in [1.807, 2.05) is 0 Å². The second kappa shape index (κ2) is 6.14. The Morgan fingerprint density at radius 3 is 2.88 bits per heavy atom. The molecule has 0 bridgehead atoms. The predicted molar refractivity (Wildman–Crippen MR) is 90.6 cm³/mol. The number of β-amino-alcohol motifs (C(OH)–C–C–N with tert-alkyl or cyclic N) is 1. The van der Waals surface area contributed by atoms with Crippen LogP contribution >= 0.6 is 0 Å². The number of rotatable bonds is 6. The fraction of sp³-hybridized carbons (Fsp3) is 0.688. The molecule has 2 fully saturated rings. The first-order valence-corrected chi connectivity index (χ1v) is 10.3. The predicted octanol–water partition coefficient (Wildman–Crippen LogP) is 1.08. The van der Waals surface area contributed by atoms with Crippen LogP contribution in [0.4, 0.5) is 0 Å². The fourth-order valence-corrected chi connectivity index (χ4v) is 4.63. The fourth-order valence-electron chi connectivity index (χ4n) is 3.20. The van der Waals surface area contributed by atoms with Crippen LogP contribution in [0.3, 0.4) is 0 Å². The first kappa shape index (κ1) is 17.6. The van der Waals surface area contributed by atoms with Crippen LogP contribution in [0, 0.1) is 5.92 Å². The van der Waals surface area contributed by atoms with Crippen molar-refractivity contribution in [2.45, 2.75) is 56.2 Å². The van der Waals surface area contributed by atoms with E-state index >= 15 is 0 Å². The highest BCUT2D eigenvalue weighted by Gasteiger charge is 2.47. The molecule has 1 aliphatic heterocycles. The first-order valence-electron chi connectivity index (χ1n) is 8.86. The summed E-state index contributed by atoms with van der Waals surface area (Å²) in [6, 6.07) is 0. The molecule has 4 rings (SSSR count). The van der Waals surface area contributed by atoms with E-state index in [9.17, 15) is 13.5 Å². The number of hydrogen-bond donors (Lipinski definition) is 1. The lowest BCUT2D eigenvalue weighted by atomic mass is 10.0. The van der Waals surface area contributed by atoms with Crippen LogP contribution in [-0.2, 0) is 22.2 Å². The lowest BCUT2D eigenvalue weighted by Crippen LogP contribution is -2.34. The summed E-state index contributed by atoms with van der Waals surface area (Å²) in [5, 5.41) is 14.8. The van der Waals surface area contributed by atoms with E-state index in [-0.39, 0.29) is 30.4 Å². The summed E-state index contributed by atoms with van der Waals surface area (Å²) in [7, 11) is -3.78. The molecule has 0 spiro atoms. The van der Waals surface area contributed by atoms with Gasteiger partial charge in [0.25, 0.3) is 15.9 Å². The number of hydrogen-bond acceptors (Lipinski definition) is 7. The summed E-state index contributed by atoms with van der Waals surface area (Å²) in [5.74, 6) is 1.39. The van der Waals surface area contributed by atoms with Crippen molar-refractivity contribution in [2.75, 3.05) is 13.1 Å². The van der Waals surface area contributed by atoms with Gasteiger partial charge in [-0.25, -0.2) is 13.4 Å². The van der Waals surface area contributed by atoms with Gasteiger partial charge >= 0.3 is 0 Å².